The van der Waals surface area contributed by atoms with E-state index in [1.165, 1.54) is 36.1 Å². The average molecular weight is 291 g/mol. The fourth-order valence-electron chi connectivity index (χ4n) is 2.61. The van der Waals surface area contributed by atoms with Crippen molar-refractivity contribution in [2.24, 2.45) is 5.92 Å². The Morgan fingerprint density at radius 1 is 1.24 bits per heavy atom. The van der Waals surface area contributed by atoms with Gasteiger partial charge in [-0.2, -0.15) is 0 Å². The lowest BCUT2D eigenvalue weighted by molar-refractivity contribution is -0.140. The first kappa shape index (κ1) is 17.5. The van der Waals surface area contributed by atoms with Crippen molar-refractivity contribution < 1.29 is 9.90 Å². The van der Waals surface area contributed by atoms with E-state index in [9.17, 15) is 9.90 Å². The molecule has 1 atom stereocenters. The fourth-order valence-corrected chi connectivity index (χ4v) is 2.61. The average Bonchev–Trinajstić information content (AvgIpc) is 2.42. The predicted molar refractivity (Wildman–Crippen MR) is 89.1 cm³/mol. The van der Waals surface area contributed by atoms with Gasteiger partial charge in [0.1, 0.15) is 0 Å². The standard InChI is InChI=1S/C18H29NO2/c1-5-6-7-8-11-19(13-16(4)18(20)21)17-10-9-14(2)12-15(17)3/h9-10,12,16H,5-8,11,13H2,1-4H3,(H,20,21). The summed E-state index contributed by atoms with van der Waals surface area (Å²) >= 11 is 0. The van der Waals surface area contributed by atoms with Crippen molar-refractivity contribution in [1.82, 2.24) is 0 Å². The topological polar surface area (TPSA) is 40.5 Å². The van der Waals surface area contributed by atoms with Crippen LogP contribution in [0, 0.1) is 19.8 Å². The van der Waals surface area contributed by atoms with Crippen LogP contribution in [0.15, 0.2) is 18.2 Å². The van der Waals surface area contributed by atoms with E-state index in [1.807, 2.05) is 0 Å². The summed E-state index contributed by atoms with van der Waals surface area (Å²) in [6.45, 7) is 9.68. The zero-order valence-electron chi connectivity index (χ0n) is 13.9. The van der Waals surface area contributed by atoms with Crippen molar-refractivity contribution in [3.8, 4) is 0 Å². The van der Waals surface area contributed by atoms with Crippen LogP contribution in [0.2, 0.25) is 0 Å². The monoisotopic (exact) mass is 291 g/mol. The van der Waals surface area contributed by atoms with Gasteiger partial charge in [-0.15, -0.1) is 0 Å². The maximum atomic E-state index is 11.2. The van der Waals surface area contributed by atoms with Crippen LogP contribution in [0.5, 0.6) is 0 Å². The normalized spacial score (nSPS) is 12.2. The molecule has 0 aliphatic rings. The van der Waals surface area contributed by atoms with Gasteiger partial charge in [-0.3, -0.25) is 4.79 Å². The Labute approximate surface area is 129 Å². The van der Waals surface area contributed by atoms with Crippen molar-refractivity contribution in [3.05, 3.63) is 29.3 Å². The molecule has 0 aliphatic heterocycles. The molecule has 1 aromatic rings. The highest BCUT2D eigenvalue weighted by molar-refractivity contribution is 5.70. The first-order valence-corrected chi connectivity index (χ1v) is 8.00. The molecule has 0 aliphatic carbocycles. The van der Waals surface area contributed by atoms with Crippen LogP contribution in [-0.4, -0.2) is 24.2 Å². The second-order valence-electron chi connectivity index (χ2n) is 6.04. The van der Waals surface area contributed by atoms with E-state index in [0.717, 1.165) is 13.0 Å². The molecule has 0 heterocycles. The van der Waals surface area contributed by atoms with Crippen LogP contribution in [0.1, 0.15) is 50.7 Å². The van der Waals surface area contributed by atoms with Crippen molar-refractivity contribution in [3.63, 3.8) is 0 Å². The number of carboxylic acids is 1. The molecule has 3 heteroatoms. The maximum Gasteiger partial charge on any atom is 0.308 e. The lowest BCUT2D eigenvalue weighted by Gasteiger charge is -2.28. The van der Waals surface area contributed by atoms with Gasteiger partial charge in [0.25, 0.3) is 0 Å². The molecule has 1 rings (SSSR count). The number of hydrogen-bond donors (Lipinski definition) is 1. The van der Waals surface area contributed by atoms with E-state index < -0.39 is 5.97 Å². The third kappa shape index (κ3) is 5.78. The number of anilines is 1. The molecule has 0 fully saturated rings. The lowest BCUT2D eigenvalue weighted by atomic mass is 10.1. The molecule has 0 saturated heterocycles. The summed E-state index contributed by atoms with van der Waals surface area (Å²) in [5.41, 5.74) is 3.64. The van der Waals surface area contributed by atoms with Gasteiger partial charge in [-0.1, -0.05) is 50.8 Å². The summed E-state index contributed by atoms with van der Waals surface area (Å²) in [4.78, 5) is 13.4. The molecule has 21 heavy (non-hydrogen) atoms. The minimum Gasteiger partial charge on any atom is -0.481 e. The Bertz CT molecular complexity index is 457. The number of carbonyl (C=O) groups is 1. The van der Waals surface area contributed by atoms with Gasteiger partial charge in [-0.25, -0.2) is 0 Å². The summed E-state index contributed by atoms with van der Waals surface area (Å²) in [6, 6.07) is 6.39. The van der Waals surface area contributed by atoms with E-state index in [4.69, 9.17) is 0 Å². The van der Waals surface area contributed by atoms with E-state index >= 15 is 0 Å². The largest absolute Gasteiger partial charge is 0.481 e. The number of rotatable bonds is 9. The number of benzene rings is 1. The van der Waals surface area contributed by atoms with Gasteiger partial charge < -0.3 is 10.0 Å². The summed E-state index contributed by atoms with van der Waals surface area (Å²) < 4.78 is 0. The smallest absolute Gasteiger partial charge is 0.308 e. The first-order valence-electron chi connectivity index (χ1n) is 8.00. The minimum atomic E-state index is -0.724. The van der Waals surface area contributed by atoms with E-state index in [1.54, 1.807) is 6.92 Å². The van der Waals surface area contributed by atoms with Gasteiger partial charge >= 0.3 is 5.97 Å². The SMILES string of the molecule is CCCCCCN(CC(C)C(=O)O)c1ccc(C)cc1C. The van der Waals surface area contributed by atoms with Crippen molar-refractivity contribution in [2.75, 3.05) is 18.0 Å². The lowest BCUT2D eigenvalue weighted by Crippen LogP contribution is -2.33. The molecule has 118 valence electrons. The highest BCUT2D eigenvalue weighted by Gasteiger charge is 2.17. The molecule has 0 aromatic heterocycles. The number of unbranched alkanes of at least 4 members (excludes halogenated alkanes) is 3. The highest BCUT2D eigenvalue weighted by Crippen LogP contribution is 2.23. The Morgan fingerprint density at radius 3 is 2.52 bits per heavy atom. The van der Waals surface area contributed by atoms with Gasteiger partial charge in [0.15, 0.2) is 0 Å². The zero-order chi connectivity index (χ0) is 15.8. The third-order valence-electron chi connectivity index (χ3n) is 3.89. The van der Waals surface area contributed by atoms with Gasteiger partial charge in [0.2, 0.25) is 0 Å². The van der Waals surface area contributed by atoms with Crippen LogP contribution in [-0.2, 0) is 4.79 Å². The van der Waals surface area contributed by atoms with E-state index in [-0.39, 0.29) is 5.92 Å². The third-order valence-corrected chi connectivity index (χ3v) is 3.89. The van der Waals surface area contributed by atoms with Crippen LogP contribution < -0.4 is 4.90 Å². The second-order valence-corrected chi connectivity index (χ2v) is 6.04. The molecule has 3 nitrogen and oxygen atoms in total. The summed E-state index contributed by atoms with van der Waals surface area (Å²) in [7, 11) is 0. The number of aliphatic carboxylic acids is 1. The molecule has 1 aromatic carbocycles. The van der Waals surface area contributed by atoms with Crippen LogP contribution in [0.4, 0.5) is 5.69 Å². The van der Waals surface area contributed by atoms with Gasteiger partial charge in [0, 0.05) is 18.8 Å². The van der Waals surface area contributed by atoms with E-state index in [2.05, 4.69) is 43.9 Å². The highest BCUT2D eigenvalue weighted by atomic mass is 16.4. The Hall–Kier alpha value is -1.51. The van der Waals surface area contributed by atoms with Gasteiger partial charge in [0.05, 0.1) is 5.92 Å². The van der Waals surface area contributed by atoms with Crippen LogP contribution >= 0.6 is 0 Å². The molecule has 0 amide bonds. The fraction of sp³-hybridized carbons (Fsp3) is 0.611. The van der Waals surface area contributed by atoms with Crippen molar-refractivity contribution >= 4 is 11.7 Å². The molecular formula is C18H29NO2. The van der Waals surface area contributed by atoms with Crippen LogP contribution in [0.3, 0.4) is 0 Å². The molecule has 1 unspecified atom stereocenters. The minimum absolute atomic E-state index is 0.350. The second kappa shape index (κ2) is 8.71. The number of carboxylic acid groups (broad SMARTS) is 1. The van der Waals surface area contributed by atoms with Crippen molar-refractivity contribution in [1.29, 1.82) is 0 Å². The van der Waals surface area contributed by atoms with Crippen molar-refractivity contribution in [2.45, 2.75) is 53.4 Å². The zero-order valence-corrected chi connectivity index (χ0v) is 13.9. The predicted octanol–water partition coefficient (Wildman–Crippen LogP) is 4.41. The summed E-state index contributed by atoms with van der Waals surface area (Å²) in [5, 5.41) is 9.17. The molecule has 0 bridgehead atoms. The number of hydrogen-bond acceptors (Lipinski definition) is 2. The Kier molecular flexibility index (Phi) is 7.27. The molecule has 0 saturated carbocycles. The molecule has 1 N–H and O–H groups in total. The first-order chi connectivity index (χ1) is 9.95. The summed E-state index contributed by atoms with van der Waals surface area (Å²) in [5.74, 6) is -1.07. The number of aryl methyl sites for hydroxylation is 2. The Morgan fingerprint density at radius 2 is 1.95 bits per heavy atom. The molecule has 0 radical (unpaired) electrons. The molecule has 0 spiro atoms. The van der Waals surface area contributed by atoms with Crippen LogP contribution in [0.25, 0.3) is 0 Å². The van der Waals surface area contributed by atoms with Gasteiger partial charge in [-0.05, 0) is 31.9 Å². The quantitative estimate of drug-likeness (QED) is 0.685. The maximum absolute atomic E-state index is 11.2. The Balaban J connectivity index is 2.81. The molecular weight excluding hydrogens is 262 g/mol. The summed E-state index contributed by atoms with van der Waals surface area (Å²) in [6.07, 6.45) is 4.79. The number of nitrogens with zero attached hydrogens (tertiary/aromatic N) is 1. The van der Waals surface area contributed by atoms with E-state index in [0.29, 0.717) is 6.54 Å².